The van der Waals surface area contributed by atoms with Gasteiger partial charge in [-0.05, 0) is 63.4 Å². The lowest BCUT2D eigenvalue weighted by Gasteiger charge is -2.18. The van der Waals surface area contributed by atoms with Crippen molar-refractivity contribution in [3.8, 4) is 0 Å². The van der Waals surface area contributed by atoms with E-state index in [1.165, 1.54) is 10.5 Å². The SMILES string of the molecule is CCOC(=O)c1cc2c(=O)n3cccc(C)c3nc2n(C[C@@H]2CCCO2)c1=NC(=O)c1cccc(C)c1. The van der Waals surface area contributed by atoms with Gasteiger partial charge in [0.1, 0.15) is 16.9 Å². The van der Waals surface area contributed by atoms with Crippen molar-refractivity contribution in [1.29, 1.82) is 0 Å². The van der Waals surface area contributed by atoms with Gasteiger partial charge in [-0.1, -0.05) is 23.8 Å². The van der Waals surface area contributed by atoms with Crippen LogP contribution in [0.1, 0.15) is 51.6 Å². The first-order valence-electron chi connectivity index (χ1n) is 12.4. The summed E-state index contributed by atoms with van der Waals surface area (Å²) in [6, 6.07) is 12.2. The van der Waals surface area contributed by atoms with Crippen molar-refractivity contribution in [2.75, 3.05) is 13.2 Å². The Bertz CT molecular complexity index is 1660. The average Bonchev–Trinajstić information content (AvgIpc) is 3.39. The Morgan fingerprint density at radius 2 is 2.00 bits per heavy atom. The maximum absolute atomic E-state index is 13.6. The monoisotopic (exact) mass is 500 g/mol. The van der Waals surface area contributed by atoms with Crippen LogP contribution in [0.25, 0.3) is 16.7 Å². The van der Waals surface area contributed by atoms with Crippen LogP contribution in [-0.4, -0.2) is 45.1 Å². The van der Waals surface area contributed by atoms with Gasteiger partial charge in [0.05, 0.1) is 24.6 Å². The van der Waals surface area contributed by atoms with Crippen molar-refractivity contribution >= 4 is 28.6 Å². The van der Waals surface area contributed by atoms with E-state index < -0.39 is 11.9 Å². The van der Waals surface area contributed by atoms with E-state index in [0.717, 1.165) is 24.0 Å². The molecule has 1 saturated heterocycles. The summed E-state index contributed by atoms with van der Waals surface area (Å²) in [7, 11) is 0. The van der Waals surface area contributed by atoms with Crippen LogP contribution in [0.15, 0.2) is 58.4 Å². The van der Waals surface area contributed by atoms with E-state index in [2.05, 4.69) is 4.99 Å². The van der Waals surface area contributed by atoms with Gasteiger partial charge in [0.2, 0.25) is 0 Å². The number of carbonyl (C=O) groups is 2. The summed E-state index contributed by atoms with van der Waals surface area (Å²) in [5, 5.41) is 0.228. The van der Waals surface area contributed by atoms with Crippen LogP contribution < -0.4 is 11.0 Å². The van der Waals surface area contributed by atoms with E-state index in [9.17, 15) is 14.4 Å². The third-order valence-electron chi connectivity index (χ3n) is 6.48. The second-order valence-electron chi connectivity index (χ2n) is 9.17. The molecule has 0 spiro atoms. The molecule has 4 aromatic rings. The van der Waals surface area contributed by atoms with Crippen molar-refractivity contribution in [2.24, 2.45) is 4.99 Å². The summed E-state index contributed by atoms with van der Waals surface area (Å²) in [5.74, 6) is -1.18. The molecular weight excluding hydrogens is 472 g/mol. The molecule has 4 heterocycles. The van der Waals surface area contributed by atoms with Gasteiger partial charge in [0, 0.05) is 18.4 Å². The van der Waals surface area contributed by atoms with E-state index in [1.807, 2.05) is 26.0 Å². The zero-order chi connectivity index (χ0) is 26.1. The molecule has 37 heavy (non-hydrogen) atoms. The summed E-state index contributed by atoms with van der Waals surface area (Å²) in [5.41, 5.74) is 2.73. The molecule has 1 aliphatic heterocycles. The predicted molar refractivity (Wildman–Crippen MR) is 138 cm³/mol. The lowest BCUT2D eigenvalue weighted by Crippen LogP contribution is -2.35. The quantitative estimate of drug-likeness (QED) is 0.307. The first-order chi connectivity index (χ1) is 17.9. The summed E-state index contributed by atoms with van der Waals surface area (Å²) in [6.45, 7) is 6.48. The molecule has 0 saturated carbocycles. The normalized spacial score (nSPS) is 16.0. The van der Waals surface area contributed by atoms with E-state index in [0.29, 0.717) is 23.5 Å². The number of nitrogens with zero attached hydrogens (tertiary/aromatic N) is 4. The number of aromatic nitrogens is 3. The number of amides is 1. The fourth-order valence-electron chi connectivity index (χ4n) is 4.67. The van der Waals surface area contributed by atoms with Crippen LogP contribution in [0.4, 0.5) is 0 Å². The smallest absolute Gasteiger partial charge is 0.341 e. The van der Waals surface area contributed by atoms with Crippen LogP contribution in [-0.2, 0) is 16.0 Å². The van der Waals surface area contributed by atoms with Gasteiger partial charge in [-0.3, -0.25) is 14.0 Å². The van der Waals surface area contributed by atoms with Gasteiger partial charge in [0.25, 0.3) is 11.5 Å². The van der Waals surface area contributed by atoms with E-state index >= 15 is 0 Å². The third-order valence-corrected chi connectivity index (χ3v) is 6.48. The Balaban J connectivity index is 1.88. The number of hydrogen-bond donors (Lipinski definition) is 0. The second-order valence-corrected chi connectivity index (χ2v) is 9.17. The average molecular weight is 501 g/mol. The Kier molecular flexibility index (Phi) is 6.71. The molecule has 1 aromatic carbocycles. The minimum absolute atomic E-state index is 0.0276. The maximum Gasteiger partial charge on any atom is 0.341 e. The third kappa shape index (κ3) is 4.70. The minimum atomic E-state index is -0.671. The zero-order valence-electron chi connectivity index (χ0n) is 21.1. The highest BCUT2D eigenvalue weighted by atomic mass is 16.5. The summed E-state index contributed by atoms with van der Waals surface area (Å²) >= 11 is 0. The first kappa shape index (κ1) is 24.6. The lowest BCUT2D eigenvalue weighted by atomic mass is 10.1. The minimum Gasteiger partial charge on any atom is -0.462 e. The molecule has 1 atom stereocenters. The second kappa shape index (κ2) is 10.1. The molecule has 0 radical (unpaired) electrons. The Hall–Kier alpha value is -4.11. The van der Waals surface area contributed by atoms with Crippen molar-refractivity contribution in [3.63, 3.8) is 0 Å². The Morgan fingerprint density at radius 1 is 1.16 bits per heavy atom. The number of aryl methyl sites for hydroxylation is 2. The van der Waals surface area contributed by atoms with Crippen LogP contribution in [0.2, 0.25) is 0 Å². The number of ether oxygens (including phenoxy) is 2. The molecule has 0 unspecified atom stereocenters. The van der Waals surface area contributed by atoms with Crippen molar-refractivity contribution < 1.29 is 19.1 Å². The fraction of sp³-hybridized carbons (Fsp3) is 0.321. The highest BCUT2D eigenvalue weighted by Gasteiger charge is 2.24. The van der Waals surface area contributed by atoms with Crippen LogP contribution in [0.3, 0.4) is 0 Å². The van der Waals surface area contributed by atoms with Crippen LogP contribution >= 0.6 is 0 Å². The molecule has 1 aliphatic rings. The highest BCUT2D eigenvalue weighted by Crippen LogP contribution is 2.18. The molecule has 190 valence electrons. The number of rotatable bonds is 5. The highest BCUT2D eigenvalue weighted by molar-refractivity contribution is 5.97. The fourth-order valence-corrected chi connectivity index (χ4v) is 4.67. The molecule has 5 rings (SSSR count). The topological polar surface area (TPSA) is 104 Å². The predicted octanol–water partition coefficient (Wildman–Crippen LogP) is 3.36. The molecule has 3 aromatic heterocycles. The van der Waals surface area contributed by atoms with Gasteiger partial charge in [-0.25, -0.2) is 9.78 Å². The molecule has 1 fully saturated rings. The maximum atomic E-state index is 13.6. The zero-order valence-corrected chi connectivity index (χ0v) is 21.1. The van der Waals surface area contributed by atoms with Gasteiger partial charge in [-0.2, -0.15) is 4.99 Å². The van der Waals surface area contributed by atoms with Gasteiger partial charge in [-0.15, -0.1) is 0 Å². The van der Waals surface area contributed by atoms with Gasteiger partial charge in [0.15, 0.2) is 5.49 Å². The van der Waals surface area contributed by atoms with Crippen LogP contribution in [0.5, 0.6) is 0 Å². The van der Waals surface area contributed by atoms with Crippen molar-refractivity contribution in [1.82, 2.24) is 14.0 Å². The lowest BCUT2D eigenvalue weighted by molar-refractivity contribution is 0.0521. The van der Waals surface area contributed by atoms with E-state index in [4.69, 9.17) is 14.5 Å². The number of pyridine rings is 2. The number of hydrogen-bond acceptors (Lipinski definition) is 6. The number of carbonyl (C=O) groups excluding carboxylic acids is 2. The molecular formula is C28H28N4O5. The molecule has 9 heteroatoms. The molecule has 0 aliphatic carbocycles. The number of benzene rings is 1. The number of esters is 1. The molecule has 0 N–H and O–H groups in total. The molecule has 1 amide bonds. The summed E-state index contributed by atoms with van der Waals surface area (Å²) in [6.07, 6.45) is 3.17. The molecule has 9 nitrogen and oxygen atoms in total. The van der Waals surface area contributed by atoms with E-state index in [1.54, 1.807) is 42.0 Å². The standard InChI is InChI=1S/C28H28N4O5/c1-4-36-28(35)22-15-21-24(29-23-18(3)9-6-12-31(23)27(21)34)32(16-20-11-7-13-37-20)25(22)30-26(33)19-10-5-8-17(2)14-19/h5-6,8-10,12,14-15,20H,4,7,11,13,16H2,1-3H3/t20-/m0/s1. The Morgan fingerprint density at radius 3 is 2.73 bits per heavy atom. The first-order valence-corrected chi connectivity index (χ1v) is 12.4. The van der Waals surface area contributed by atoms with E-state index in [-0.39, 0.29) is 41.3 Å². The van der Waals surface area contributed by atoms with Crippen molar-refractivity contribution in [2.45, 2.75) is 46.3 Å². The van der Waals surface area contributed by atoms with Crippen LogP contribution in [0, 0.1) is 13.8 Å². The Labute approximate surface area is 213 Å². The van der Waals surface area contributed by atoms with Gasteiger partial charge >= 0.3 is 5.97 Å². The van der Waals surface area contributed by atoms with Crippen molar-refractivity contribution in [3.05, 3.63) is 86.8 Å². The largest absolute Gasteiger partial charge is 0.462 e. The molecule has 0 bridgehead atoms. The summed E-state index contributed by atoms with van der Waals surface area (Å²) in [4.78, 5) is 49.3. The number of fused-ring (bicyclic) bond motifs is 2. The van der Waals surface area contributed by atoms with Gasteiger partial charge < -0.3 is 14.0 Å². The summed E-state index contributed by atoms with van der Waals surface area (Å²) < 4.78 is 14.3.